The van der Waals surface area contributed by atoms with Crippen molar-refractivity contribution in [2.75, 3.05) is 68.0 Å². The molecule has 10 nitrogen and oxygen atoms in total. The van der Waals surface area contributed by atoms with Gasteiger partial charge in [0.25, 0.3) is 0 Å². The smallest absolute Gasteiger partial charge is 0.232 e. The van der Waals surface area contributed by atoms with Crippen LogP contribution in [-0.2, 0) is 0 Å². The van der Waals surface area contributed by atoms with Crippen LogP contribution in [0.4, 0.5) is 17.8 Å². The summed E-state index contributed by atoms with van der Waals surface area (Å²) in [6.07, 6.45) is 0. The third kappa shape index (κ3) is 6.04. The Morgan fingerprint density at radius 2 is 1.33 bits per heavy atom. The van der Waals surface area contributed by atoms with Gasteiger partial charge in [-0.15, -0.1) is 0 Å². The Hall–Kier alpha value is -1.75. The molecule has 1 rings (SSSR count). The lowest BCUT2D eigenvalue weighted by Gasteiger charge is -2.21. The molecule has 21 heavy (non-hydrogen) atoms. The van der Waals surface area contributed by atoms with Crippen molar-refractivity contribution in [3.05, 3.63) is 0 Å². The molecule has 10 heteroatoms. The highest BCUT2D eigenvalue weighted by atomic mass is 16.3. The summed E-state index contributed by atoms with van der Waals surface area (Å²) in [5.74, 6) is 1.13. The van der Waals surface area contributed by atoms with Gasteiger partial charge in [-0.2, -0.15) is 15.0 Å². The van der Waals surface area contributed by atoms with E-state index in [9.17, 15) is 0 Å². The van der Waals surface area contributed by atoms with Crippen LogP contribution in [0.2, 0.25) is 0 Å². The minimum atomic E-state index is -0.0667. The van der Waals surface area contributed by atoms with E-state index in [0.29, 0.717) is 57.1 Å². The first-order valence-electron chi connectivity index (χ1n) is 6.85. The minimum absolute atomic E-state index is 0.0667. The van der Waals surface area contributed by atoms with Crippen molar-refractivity contribution in [1.82, 2.24) is 15.0 Å². The summed E-state index contributed by atoms with van der Waals surface area (Å²) in [4.78, 5) is 14.4. The average Bonchev–Trinajstić information content (AvgIpc) is 2.50. The normalized spacial score (nSPS) is 10.5. The van der Waals surface area contributed by atoms with Gasteiger partial charge in [0.1, 0.15) is 0 Å². The molecule has 120 valence electrons. The predicted molar refractivity (Wildman–Crippen MR) is 81.3 cm³/mol. The van der Waals surface area contributed by atoms with Crippen molar-refractivity contribution in [2.24, 2.45) is 11.5 Å². The van der Waals surface area contributed by atoms with Crippen molar-refractivity contribution in [1.29, 1.82) is 0 Å². The van der Waals surface area contributed by atoms with E-state index in [0.717, 1.165) is 0 Å². The van der Waals surface area contributed by atoms with Crippen LogP contribution in [0.25, 0.3) is 0 Å². The summed E-state index contributed by atoms with van der Waals surface area (Å²) in [7, 11) is 0. The van der Waals surface area contributed by atoms with Crippen molar-refractivity contribution in [2.45, 2.75) is 0 Å². The Bertz CT molecular complexity index is 374. The number of aliphatic hydroxyl groups excluding tert-OH is 2. The highest BCUT2D eigenvalue weighted by Crippen LogP contribution is 2.13. The molecule has 0 atom stereocenters. The van der Waals surface area contributed by atoms with Crippen LogP contribution >= 0.6 is 0 Å². The van der Waals surface area contributed by atoms with E-state index in [2.05, 4.69) is 25.6 Å². The third-order valence-electron chi connectivity index (χ3n) is 2.50. The number of anilines is 3. The minimum Gasteiger partial charge on any atom is -0.395 e. The summed E-state index contributed by atoms with van der Waals surface area (Å²) in [6.45, 7) is 2.45. The van der Waals surface area contributed by atoms with Crippen LogP contribution in [0.15, 0.2) is 0 Å². The van der Waals surface area contributed by atoms with Gasteiger partial charge in [-0.3, -0.25) is 0 Å². The second-order valence-corrected chi connectivity index (χ2v) is 4.15. The number of hydrogen-bond donors (Lipinski definition) is 6. The van der Waals surface area contributed by atoms with Crippen molar-refractivity contribution >= 4 is 17.8 Å². The molecule has 1 aromatic heterocycles. The largest absolute Gasteiger partial charge is 0.395 e. The Labute approximate surface area is 123 Å². The molecule has 8 N–H and O–H groups in total. The average molecular weight is 300 g/mol. The van der Waals surface area contributed by atoms with Crippen LogP contribution in [0.5, 0.6) is 0 Å². The lowest BCUT2D eigenvalue weighted by Crippen LogP contribution is -2.32. The van der Waals surface area contributed by atoms with E-state index >= 15 is 0 Å². The summed E-state index contributed by atoms with van der Waals surface area (Å²) in [5.41, 5.74) is 10.9. The van der Waals surface area contributed by atoms with Gasteiger partial charge in [0.2, 0.25) is 17.8 Å². The number of rotatable bonds is 11. The van der Waals surface area contributed by atoms with Gasteiger partial charge in [0.15, 0.2) is 0 Å². The molecule has 0 fully saturated rings. The second kappa shape index (κ2) is 10.0. The zero-order valence-electron chi connectivity index (χ0n) is 12.0. The molecule has 0 saturated heterocycles. The van der Waals surface area contributed by atoms with Crippen LogP contribution in [0, 0.1) is 0 Å². The van der Waals surface area contributed by atoms with Gasteiger partial charge in [-0.05, 0) is 0 Å². The molecule has 0 spiro atoms. The first-order valence-corrected chi connectivity index (χ1v) is 6.85. The molecule has 0 aliphatic heterocycles. The predicted octanol–water partition coefficient (Wildman–Crippen LogP) is -2.60. The van der Waals surface area contributed by atoms with Crippen LogP contribution < -0.4 is 27.0 Å². The molecule has 1 heterocycles. The molecule has 0 bridgehead atoms. The topological polar surface area (TPSA) is 158 Å². The summed E-state index contributed by atoms with van der Waals surface area (Å²) in [6, 6.07) is 0. The van der Waals surface area contributed by atoms with E-state index in [-0.39, 0.29) is 13.2 Å². The standard InChI is InChI=1S/C11H24N8O2/c12-1-3-14-9-16-10(15-4-2-13)18-11(17-9)19(5-7-20)6-8-21/h20-21H,1-8,12-13H2,(H2,14,15,16,17,18). The Morgan fingerprint density at radius 1 is 0.857 bits per heavy atom. The van der Waals surface area contributed by atoms with Crippen LogP contribution in [0.1, 0.15) is 0 Å². The fraction of sp³-hybridized carbons (Fsp3) is 0.727. The van der Waals surface area contributed by atoms with Crippen molar-refractivity contribution in [3.8, 4) is 0 Å². The molecule has 0 aromatic carbocycles. The number of aromatic nitrogens is 3. The van der Waals surface area contributed by atoms with E-state index in [1.54, 1.807) is 4.90 Å². The zero-order valence-corrected chi connectivity index (χ0v) is 12.0. The fourth-order valence-electron chi connectivity index (χ4n) is 1.59. The monoisotopic (exact) mass is 300 g/mol. The Balaban J connectivity index is 2.96. The van der Waals surface area contributed by atoms with Crippen molar-refractivity contribution in [3.63, 3.8) is 0 Å². The van der Waals surface area contributed by atoms with Gasteiger partial charge in [-0.25, -0.2) is 0 Å². The zero-order chi connectivity index (χ0) is 15.5. The quantitative estimate of drug-likeness (QED) is 0.256. The number of nitrogens with two attached hydrogens (primary N) is 2. The maximum Gasteiger partial charge on any atom is 0.232 e. The van der Waals surface area contributed by atoms with Gasteiger partial charge >= 0.3 is 0 Å². The van der Waals surface area contributed by atoms with E-state index in [4.69, 9.17) is 21.7 Å². The first kappa shape index (κ1) is 17.3. The number of hydrogen-bond acceptors (Lipinski definition) is 10. The molecular formula is C11H24N8O2. The lowest BCUT2D eigenvalue weighted by atomic mass is 10.5. The van der Waals surface area contributed by atoms with Crippen LogP contribution in [-0.4, -0.2) is 77.6 Å². The van der Waals surface area contributed by atoms with Gasteiger partial charge in [0, 0.05) is 39.3 Å². The molecule has 0 unspecified atom stereocenters. The van der Waals surface area contributed by atoms with E-state index in [1.165, 1.54) is 0 Å². The van der Waals surface area contributed by atoms with Gasteiger partial charge in [-0.1, -0.05) is 0 Å². The number of nitrogens with zero attached hydrogens (tertiary/aromatic N) is 4. The van der Waals surface area contributed by atoms with E-state index in [1.807, 2.05) is 0 Å². The van der Waals surface area contributed by atoms with E-state index < -0.39 is 0 Å². The SMILES string of the molecule is NCCNc1nc(NCCN)nc(N(CCO)CCO)n1. The molecule has 0 aliphatic carbocycles. The fourth-order valence-corrected chi connectivity index (χ4v) is 1.59. The maximum atomic E-state index is 9.09. The highest BCUT2D eigenvalue weighted by molar-refractivity contribution is 5.43. The summed E-state index contributed by atoms with van der Waals surface area (Å²) < 4.78 is 0. The third-order valence-corrected chi connectivity index (χ3v) is 2.50. The number of nitrogens with one attached hydrogen (secondary N) is 2. The highest BCUT2D eigenvalue weighted by Gasteiger charge is 2.12. The van der Waals surface area contributed by atoms with Crippen LogP contribution in [0.3, 0.4) is 0 Å². The Morgan fingerprint density at radius 3 is 1.71 bits per heavy atom. The van der Waals surface area contributed by atoms with Crippen molar-refractivity contribution < 1.29 is 10.2 Å². The Kier molecular flexibility index (Phi) is 8.28. The molecular weight excluding hydrogens is 276 g/mol. The first-order chi connectivity index (χ1) is 10.2. The number of aliphatic hydroxyl groups is 2. The second-order valence-electron chi connectivity index (χ2n) is 4.15. The molecule has 0 saturated carbocycles. The van der Waals surface area contributed by atoms with Gasteiger partial charge in [0.05, 0.1) is 13.2 Å². The molecule has 0 amide bonds. The maximum absolute atomic E-state index is 9.09. The lowest BCUT2D eigenvalue weighted by molar-refractivity contribution is 0.280. The van der Waals surface area contributed by atoms with Gasteiger partial charge < -0.3 is 37.2 Å². The summed E-state index contributed by atoms with van der Waals surface area (Å²) in [5, 5.41) is 24.1. The molecule has 0 radical (unpaired) electrons. The summed E-state index contributed by atoms with van der Waals surface area (Å²) >= 11 is 0. The molecule has 0 aliphatic rings. The molecule has 1 aromatic rings.